The van der Waals surface area contributed by atoms with E-state index >= 15 is 0 Å². The molecular weight excluding hydrogens is 304 g/mol. The van der Waals surface area contributed by atoms with E-state index in [1.165, 1.54) is 6.33 Å². The molecule has 1 aliphatic rings. The van der Waals surface area contributed by atoms with Gasteiger partial charge in [-0.2, -0.15) is 0 Å². The van der Waals surface area contributed by atoms with E-state index in [1.54, 1.807) is 7.11 Å². The lowest BCUT2D eigenvalue weighted by Crippen LogP contribution is -2.49. The Labute approximate surface area is 142 Å². The number of nitrogens with zero attached hydrogens (tertiary/aromatic N) is 4. The number of amides is 1. The topological polar surface area (TPSA) is 58.6 Å². The van der Waals surface area contributed by atoms with Gasteiger partial charge in [0.05, 0.1) is 24.1 Å². The summed E-state index contributed by atoms with van der Waals surface area (Å²) in [5, 5.41) is 0. The van der Waals surface area contributed by atoms with Crippen molar-refractivity contribution in [2.75, 3.05) is 38.2 Å². The Morgan fingerprint density at radius 1 is 1.00 bits per heavy atom. The van der Waals surface area contributed by atoms with Crippen LogP contribution >= 0.6 is 0 Å². The summed E-state index contributed by atoms with van der Waals surface area (Å²) in [4.78, 5) is 25.3. The van der Waals surface area contributed by atoms with Crippen molar-refractivity contribution in [2.24, 2.45) is 0 Å². The summed E-state index contributed by atoms with van der Waals surface area (Å²) >= 11 is 0. The van der Waals surface area contributed by atoms with Gasteiger partial charge >= 0.3 is 0 Å². The standard InChI is InChI=1S/C18H22N4O2/c1-13-17(14(2)20-12-19-13)18(23)22-10-8-21(9-11-22)15-4-6-16(24-3)7-5-15/h4-7,12H,8-11H2,1-3H3. The number of aromatic nitrogens is 2. The zero-order chi connectivity index (χ0) is 17.1. The van der Waals surface area contributed by atoms with E-state index in [0.29, 0.717) is 18.7 Å². The van der Waals surface area contributed by atoms with Crippen LogP contribution in [0.3, 0.4) is 0 Å². The molecule has 0 bridgehead atoms. The third-order valence-corrected chi connectivity index (χ3v) is 4.44. The van der Waals surface area contributed by atoms with Crippen LogP contribution in [-0.4, -0.2) is 54.1 Å². The van der Waals surface area contributed by atoms with Gasteiger partial charge < -0.3 is 14.5 Å². The van der Waals surface area contributed by atoms with E-state index in [4.69, 9.17) is 4.74 Å². The van der Waals surface area contributed by atoms with Gasteiger partial charge in [0.2, 0.25) is 0 Å². The number of ether oxygens (including phenoxy) is 1. The zero-order valence-corrected chi connectivity index (χ0v) is 14.3. The quantitative estimate of drug-likeness (QED) is 0.864. The van der Waals surface area contributed by atoms with Crippen LogP contribution in [0, 0.1) is 13.8 Å². The largest absolute Gasteiger partial charge is 0.497 e. The first-order valence-corrected chi connectivity index (χ1v) is 8.06. The second-order valence-electron chi connectivity index (χ2n) is 5.90. The van der Waals surface area contributed by atoms with Crippen LogP contribution in [0.2, 0.25) is 0 Å². The predicted octanol–water partition coefficient (Wildman–Crippen LogP) is 2.06. The monoisotopic (exact) mass is 326 g/mol. The molecule has 24 heavy (non-hydrogen) atoms. The van der Waals surface area contributed by atoms with Gasteiger partial charge in [0.25, 0.3) is 5.91 Å². The fourth-order valence-electron chi connectivity index (χ4n) is 3.02. The molecule has 1 aliphatic heterocycles. The maximum atomic E-state index is 12.8. The summed E-state index contributed by atoms with van der Waals surface area (Å²) in [5.74, 6) is 0.877. The van der Waals surface area contributed by atoms with Crippen LogP contribution in [0.5, 0.6) is 5.75 Å². The minimum Gasteiger partial charge on any atom is -0.497 e. The Bertz CT molecular complexity index is 702. The Balaban J connectivity index is 1.67. The van der Waals surface area contributed by atoms with Crippen LogP contribution in [0.1, 0.15) is 21.7 Å². The summed E-state index contributed by atoms with van der Waals surface area (Å²) in [6, 6.07) is 8.02. The highest BCUT2D eigenvalue weighted by molar-refractivity contribution is 5.96. The number of piperazine rings is 1. The van der Waals surface area contributed by atoms with Gasteiger partial charge in [-0.15, -0.1) is 0 Å². The average molecular weight is 326 g/mol. The highest BCUT2D eigenvalue weighted by Crippen LogP contribution is 2.21. The van der Waals surface area contributed by atoms with Crippen LogP contribution < -0.4 is 9.64 Å². The maximum Gasteiger partial charge on any atom is 0.257 e. The number of carbonyl (C=O) groups is 1. The first-order chi connectivity index (χ1) is 11.6. The van der Waals surface area contributed by atoms with Crippen molar-refractivity contribution in [1.82, 2.24) is 14.9 Å². The fourth-order valence-corrected chi connectivity index (χ4v) is 3.02. The fraction of sp³-hybridized carbons (Fsp3) is 0.389. The second-order valence-corrected chi connectivity index (χ2v) is 5.90. The smallest absolute Gasteiger partial charge is 0.257 e. The SMILES string of the molecule is COc1ccc(N2CCN(C(=O)c3c(C)ncnc3C)CC2)cc1. The van der Waals surface area contributed by atoms with E-state index in [-0.39, 0.29) is 5.91 Å². The van der Waals surface area contributed by atoms with Gasteiger partial charge in [0.15, 0.2) is 0 Å². The summed E-state index contributed by atoms with van der Waals surface area (Å²) in [6.45, 7) is 6.72. The molecule has 1 aromatic carbocycles. The highest BCUT2D eigenvalue weighted by Gasteiger charge is 2.25. The van der Waals surface area contributed by atoms with Gasteiger partial charge in [0, 0.05) is 31.9 Å². The minimum absolute atomic E-state index is 0.0278. The molecule has 1 amide bonds. The average Bonchev–Trinajstić information content (AvgIpc) is 2.62. The third kappa shape index (κ3) is 3.18. The molecular formula is C18H22N4O2. The van der Waals surface area contributed by atoms with Crippen molar-refractivity contribution >= 4 is 11.6 Å². The number of rotatable bonds is 3. The molecule has 126 valence electrons. The van der Waals surface area contributed by atoms with Gasteiger partial charge in [0.1, 0.15) is 12.1 Å². The van der Waals surface area contributed by atoms with Crippen LogP contribution in [-0.2, 0) is 0 Å². The summed E-state index contributed by atoms with van der Waals surface area (Å²) in [6.07, 6.45) is 1.50. The molecule has 0 aliphatic carbocycles. The van der Waals surface area contributed by atoms with Crippen molar-refractivity contribution in [3.05, 3.63) is 47.5 Å². The second kappa shape index (κ2) is 6.86. The normalized spacial score (nSPS) is 14.6. The van der Waals surface area contributed by atoms with Crippen molar-refractivity contribution in [2.45, 2.75) is 13.8 Å². The van der Waals surface area contributed by atoms with Crippen LogP contribution in [0.15, 0.2) is 30.6 Å². The van der Waals surface area contributed by atoms with Gasteiger partial charge in [-0.25, -0.2) is 9.97 Å². The van der Waals surface area contributed by atoms with Crippen molar-refractivity contribution in [1.29, 1.82) is 0 Å². The first-order valence-electron chi connectivity index (χ1n) is 8.06. The number of hydrogen-bond acceptors (Lipinski definition) is 5. The summed E-state index contributed by atoms with van der Waals surface area (Å²) < 4.78 is 5.19. The lowest BCUT2D eigenvalue weighted by atomic mass is 10.1. The van der Waals surface area contributed by atoms with Gasteiger partial charge in [-0.1, -0.05) is 0 Å². The number of methoxy groups -OCH3 is 1. The van der Waals surface area contributed by atoms with E-state index in [0.717, 1.165) is 35.9 Å². The molecule has 2 aromatic rings. The molecule has 6 nitrogen and oxygen atoms in total. The van der Waals surface area contributed by atoms with Crippen LogP contribution in [0.4, 0.5) is 5.69 Å². The molecule has 0 saturated carbocycles. The molecule has 0 unspecified atom stereocenters. The lowest BCUT2D eigenvalue weighted by molar-refractivity contribution is 0.0744. The number of anilines is 1. The highest BCUT2D eigenvalue weighted by atomic mass is 16.5. The Hall–Kier alpha value is -2.63. The molecule has 2 heterocycles. The Morgan fingerprint density at radius 3 is 2.12 bits per heavy atom. The van der Waals surface area contributed by atoms with E-state index in [9.17, 15) is 4.79 Å². The molecule has 0 radical (unpaired) electrons. The van der Waals surface area contributed by atoms with Crippen molar-refractivity contribution < 1.29 is 9.53 Å². The maximum absolute atomic E-state index is 12.8. The third-order valence-electron chi connectivity index (χ3n) is 4.44. The van der Waals surface area contributed by atoms with Gasteiger partial charge in [-0.05, 0) is 38.1 Å². The number of aryl methyl sites for hydroxylation is 2. The van der Waals surface area contributed by atoms with E-state index in [1.807, 2.05) is 30.9 Å². The molecule has 0 spiro atoms. The first kappa shape index (κ1) is 16.2. The lowest BCUT2D eigenvalue weighted by Gasteiger charge is -2.36. The Morgan fingerprint density at radius 2 is 1.58 bits per heavy atom. The zero-order valence-electron chi connectivity index (χ0n) is 14.3. The van der Waals surface area contributed by atoms with E-state index in [2.05, 4.69) is 27.0 Å². The Kier molecular flexibility index (Phi) is 4.64. The minimum atomic E-state index is 0.0278. The molecule has 0 atom stereocenters. The van der Waals surface area contributed by atoms with E-state index < -0.39 is 0 Å². The molecule has 1 saturated heterocycles. The van der Waals surface area contributed by atoms with Crippen molar-refractivity contribution in [3.63, 3.8) is 0 Å². The molecule has 1 fully saturated rings. The molecule has 6 heteroatoms. The molecule has 1 aromatic heterocycles. The number of benzene rings is 1. The molecule has 3 rings (SSSR count). The number of carbonyl (C=O) groups excluding carboxylic acids is 1. The van der Waals surface area contributed by atoms with Crippen molar-refractivity contribution in [3.8, 4) is 5.75 Å². The predicted molar refractivity (Wildman–Crippen MR) is 92.6 cm³/mol. The van der Waals surface area contributed by atoms with Gasteiger partial charge in [-0.3, -0.25) is 4.79 Å². The number of hydrogen-bond donors (Lipinski definition) is 0. The summed E-state index contributed by atoms with van der Waals surface area (Å²) in [7, 11) is 1.66. The molecule has 0 N–H and O–H groups in total. The van der Waals surface area contributed by atoms with Crippen LogP contribution in [0.25, 0.3) is 0 Å². The summed E-state index contributed by atoms with van der Waals surface area (Å²) in [5.41, 5.74) is 3.27.